The third kappa shape index (κ3) is 8.65. The minimum Gasteiger partial charge on any atom is -0.497 e. The second-order valence-electron chi connectivity index (χ2n) is 9.23. The van der Waals surface area contributed by atoms with Crippen molar-refractivity contribution in [2.75, 3.05) is 31.3 Å². The summed E-state index contributed by atoms with van der Waals surface area (Å²) < 4.78 is 37.1. The number of ether oxygens (including phenoxy) is 2. The van der Waals surface area contributed by atoms with Crippen LogP contribution < -0.4 is 19.1 Å². The number of carbonyl (C=O) groups is 2. The maximum Gasteiger partial charge on any atom is 0.243 e. The molecule has 0 aliphatic heterocycles. The number of nitrogens with one attached hydrogen (secondary N) is 1. The normalized spacial score (nSPS) is 12.8. The lowest BCUT2D eigenvalue weighted by atomic mass is 10.1. The second kappa shape index (κ2) is 14.6. The molecule has 0 saturated heterocycles. The highest BCUT2D eigenvalue weighted by atomic mass is 32.2. The number of nitrogens with zero attached hydrogens (tertiary/aromatic N) is 2. The molecule has 1 N–H and O–H groups in total. The minimum absolute atomic E-state index is 0.0190. The first-order valence-corrected chi connectivity index (χ1v) is 14.7. The average molecular weight is 548 g/mol. The van der Waals surface area contributed by atoms with Crippen molar-refractivity contribution in [2.24, 2.45) is 0 Å². The summed E-state index contributed by atoms with van der Waals surface area (Å²) in [4.78, 5) is 28.3. The van der Waals surface area contributed by atoms with E-state index in [2.05, 4.69) is 5.32 Å². The van der Waals surface area contributed by atoms with Crippen LogP contribution in [0.3, 0.4) is 0 Å². The van der Waals surface area contributed by atoms with Crippen molar-refractivity contribution < 1.29 is 27.5 Å². The summed E-state index contributed by atoms with van der Waals surface area (Å²) in [5.74, 6) is 0.654. The fourth-order valence-corrected chi connectivity index (χ4v) is 5.12. The van der Waals surface area contributed by atoms with Crippen LogP contribution in [0, 0.1) is 0 Å². The molecule has 0 radical (unpaired) electrons. The van der Waals surface area contributed by atoms with Gasteiger partial charge in [0.2, 0.25) is 21.8 Å². The molecule has 2 aromatic carbocycles. The van der Waals surface area contributed by atoms with Crippen molar-refractivity contribution in [3.05, 3.63) is 54.1 Å². The Kier molecular flexibility index (Phi) is 11.9. The molecule has 0 aliphatic rings. The number of hydrogen-bond acceptors (Lipinski definition) is 6. The van der Waals surface area contributed by atoms with Gasteiger partial charge in [-0.1, -0.05) is 38.1 Å². The summed E-state index contributed by atoms with van der Waals surface area (Å²) >= 11 is 0. The summed E-state index contributed by atoms with van der Waals surface area (Å²) in [6.07, 6.45) is 2.67. The number of amides is 2. The van der Waals surface area contributed by atoms with Gasteiger partial charge in [-0.3, -0.25) is 13.9 Å². The zero-order chi connectivity index (χ0) is 28.3. The predicted octanol–water partition coefficient (Wildman–Crippen LogP) is 3.97. The number of rotatable bonds is 15. The molecule has 0 saturated carbocycles. The van der Waals surface area contributed by atoms with Crippen LogP contribution in [-0.2, 0) is 26.2 Å². The van der Waals surface area contributed by atoms with Crippen molar-refractivity contribution in [1.82, 2.24) is 10.2 Å². The predicted molar refractivity (Wildman–Crippen MR) is 150 cm³/mol. The third-order valence-corrected chi connectivity index (χ3v) is 7.56. The smallest absolute Gasteiger partial charge is 0.243 e. The molecule has 9 nitrogen and oxygen atoms in total. The van der Waals surface area contributed by atoms with E-state index in [-0.39, 0.29) is 43.8 Å². The second-order valence-corrected chi connectivity index (χ2v) is 11.1. The van der Waals surface area contributed by atoms with Gasteiger partial charge in [0.15, 0.2) is 0 Å². The average Bonchev–Trinajstić information content (AvgIpc) is 2.90. The molecule has 2 aromatic rings. The molecule has 2 atom stereocenters. The zero-order valence-electron chi connectivity index (χ0n) is 23.3. The maximum absolute atomic E-state index is 13.6. The van der Waals surface area contributed by atoms with Gasteiger partial charge < -0.3 is 19.7 Å². The highest BCUT2D eigenvalue weighted by Gasteiger charge is 2.29. The topological polar surface area (TPSA) is 105 Å². The Labute approximate surface area is 227 Å². The number of sulfonamides is 1. The van der Waals surface area contributed by atoms with Gasteiger partial charge in [0.1, 0.15) is 17.5 Å². The summed E-state index contributed by atoms with van der Waals surface area (Å²) in [6, 6.07) is 13.6. The minimum atomic E-state index is -3.63. The number of para-hydroxylation sites is 2. The third-order valence-electron chi connectivity index (χ3n) is 6.38. The molecule has 0 aromatic heterocycles. The molecule has 210 valence electrons. The highest BCUT2D eigenvalue weighted by Crippen LogP contribution is 2.30. The van der Waals surface area contributed by atoms with Crippen LogP contribution in [0.2, 0.25) is 0 Å². The van der Waals surface area contributed by atoms with Gasteiger partial charge in [-0.25, -0.2) is 8.42 Å². The van der Waals surface area contributed by atoms with E-state index in [1.54, 1.807) is 36.3 Å². The van der Waals surface area contributed by atoms with E-state index < -0.39 is 16.1 Å². The van der Waals surface area contributed by atoms with Crippen molar-refractivity contribution in [2.45, 2.75) is 65.1 Å². The largest absolute Gasteiger partial charge is 0.497 e. The fraction of sp³-hybridized carbons (Fsp3) is 0.500. The van der Waals surface area contributed by atoms with E-state index in [1.165, 1.54) is 11.4 Å². The van der Waals surface area contributed by atoms with Crippen LogP contribution in [0.4, 0.5) is 5.69 Å². The summed E-state index contributed by atoms with van der Waals surface area (Å²) in [7, 11) is -0.570. The first-order chi connectivity index (χ1) is 18.0. The lowest BCUT2D eigenvalue weighted by Crippen LogP contribution is -2.50. The molecule has 10 heteroatoms. The molecule has 0 aliphatic carbocycles. The first kappa shape index (κ1) is 31.0. The molecule has 2 amide bonds. The van der Waals surface area contributed by atoms with Gasteiger partial charge >= 0.3 is 0 Å². The zero-order valence-corrected chi connectivity index (χ0v) is 24.1. The Morgan fingerprint density at radius 1 is 1.00 bits per heavy atom. The molecule has 2 unspecified atom stereocenters. The molecular weight excluding hydrogens is 506 g/mol. The van der Waals surface area contributed by atoms with E-state index in [0.717, 1.165) is 18.2 Å². The van der Waals surface area contributed by atoms with Crippen molar-refractivity contribution in [3.8, 4) is 11.5 Å². The molecular formula is C28H41N3O6S. The molecule has 2 rings (SSSR count). The van der Waals surface area contributed by atoms with Crippen LogP contribution in [0.15, 0.2) is 48.5 Å². The van der Waals surface area contributed by atoms with E-state index in [1.807, 2.05) is 45.0 Å². The SMILES string of the molecule is CCC(C)NC(=O)C(CC)N(Cc1cccc(OC)c1)C(=O)CCCN(c1ccccc1OC)S(C)(=O)=O. The summed E-state index contributed by atoms with van der Waals surface area (Å²) in [6.45, 7) is 6.11. The van der Waals surface area contributed by atoms with Gasteiger partial charge in [0, 0.05) is 25.6 Å². The number of carbonyl (C=O) groups excluding carboxylic acids is 2. The number of hydrogen-bond donors (Lipinski definition) is 1. The number of anilines is 1. The maximum atomic E-state index is 13.6. The number of benzene rings is 2. The summed E-state index contributed by atoms with van der Waals surface area (Å²) in [5, 5.41) is 2.99. The van der Waals surface area contributed by atoms with E-state index in [9.17, 15) is 18.0 Å². The van der Waals surface area contributed by atoms with Crippen molar-refractivity contribution in [1.29, 1.82) is 0 Å². The lowest BCUT2D eigenvalue weighted by Gasteiger charge is -2.32. The van der Waals surface area contributed by atoms with Crippen molar-refractivity contribution in [3.63, 3.8) is 0 Å². The Balaban J connectivity index is 2.27. The van der Waals surface area contributed by atoms with Crippen LogP contribution in [-0.4, -0.2) is 64.2 Å². The fourth-order valence-electron chi connectivity index (χ4n) is 4.15. The highest BCUT2D eigenvalue weighted by molar-refractivity contribution is 7.92. The van der Waals surface area contributed by atoms with E-state index in [4.69, 9.17) is 9.47 Å². The quantitative estimate of drug-likeness (QED) is 0.362. The molecule has 0 spiro atoms. The van der Waals surface area contributed by atoms with Gasteiger partial charge in [-0.05, 0) is 56.0 Å². The van der Waals surface area contributed by atoms with Gasteiger partial charge in [0.05, 0.1) is 26.2 Å². The first-order valence-electron chi connectivity index (χ1n) is 12.9. The Morgan fingerprint density at radius 3 is 2.32 bits per heavy atom. The van der Waals surface area contributed by atoms with Crippen LogP contribution in [0.5, 0.6) is 11.5 Å². The monoisotopic (exact) mass is 547 g/mol. The van der Waals surface area contributed by atoms with Gasteiger partial charge in [-0.15, -0.1) is 0 Å². The summed E-state index contributed by atoms with van der Waals surface area (Å²) in [5.41, 5.74) is 1.25. The molecule has 0 heterocycles. The van der Waals surface area contributed by atoms with E-state index >= 15 is 0 Å². The molecule has 38 heavy (non-hydrogen) atoms. The number of methoxy groups -OCH3 is 2. The lowest BCUT2D eigenvalue weighted by molar-refractivity contribution is -0.141. The standard InChI is InChI=1S/C28H41N3O6S/c1-7-21(3)29-28(33)24(8-2)30(20-22-13-11-14-23(19-22)36-4)27(32)17-12-18-31(38(6,34)35)25-15-9-10-16-26(25)37-5/h9-11,13-16,19,21,24H,7-8,12,17-18,20H2,1-6H3,(H,29,33). The Hall–Kier alpha value is -3.27. The molecule has 0 fully saturated rings. The molecule has 0 bridgehead atoms. The Morgan fingerprint density at radius 2 is 1.71 bits per heavy atom. The Bertz CT molecular complexity index is 1170. The van der Waals surface area contributed by atoms with Gasteiger partial charge in [0.25, 0.3) is 0 Å². The van der Waals surface area contributed by atoms with Crippen molar-refractivity contribution >= 4 is 27.5 Å². The van der Waals surface area contributed by atoms with Gasteiger partial charge in [-0.2, -0.15) is 0 Å². The van der Waals surface area contributed by atoms with Crippen LogP contribution in [0.25, 0.3) is 0 Å². The van der Waals surface area contributed by atoms with Crippen LogP contribution >= 0.6 is 0 Å². The van der Waals surface area contributed by atoms with E-state index in [0.29, 0.717) is 23.6 Å². The van der Waals surface area contributed by atoms with Crippen LogP contribution in [0.1, 0.15) is 52.0 Å².